The zero-order valence-corrected chi connectivity index (χ0v) is 5.40. The third-order valence-corrected chi connectivity index (χ3v) is 0.685. The van der Waals surface area contributed by atoms with E-state index in [1.165, 1.54) is 0 Å². The second-order valence-corrected chi connectivity index (χ2v) is 1.65. The Balaban J connectivity index is 3.64. The first-order chi connectivity index (χ1) is 4.48. The second kappa shape index (κ2) is 3.43. The van der Waals surface area contributed by atoms with Crippen molar-refractivity contribution in [2.45, 2.75) is 19.5 Å². The molecule has 0 radical (unpaired) electrons. The standard InChI is InChI=1S/C5H7F3O2/c1-2-3-10-4(9)5(6,7)8/h2-3H2,1H3/p+1. The van der Waals surface area contributed by atoms with Crippen molar-refractivity contribution in [2.24, 2.45) is 0 Å². The highest BCUT2D eigenvalue weighted by molar-refractivity contribution is 5.76. The van der Waals surface area contributed by atoms with Crippen molar-refractivity contribution in [1.82, 2.24) is 0 Å². The van der Waals surface area contributed by atoms with Gasteiger partial charge in [0.15, 0.2) is 6.61 Å². The molecule has 0 atom stereocenters. The molecule has 0 spiro atoms. The zero-order valence-electron chi connectivity index (χ0n) is 5.40. The molecule has 0 aliphatic heterocycles. The number of hydrogen-bond acceptors (Lipinski definition) is 1. The zero-order chi connectivity index (χ0) is 8.20. The topological polar surface area (TPSA) is 30.6 Å². The summed E-state index contributed by atoms with van der Waals surface area (Å²) in [4.78, 5) is 8.09. The Morgan fingerprint density at radius 3 is 2.30 bits per heavy atom. The van der Waals surface area contributed by atoms with E-state index in [4.69, 9.17) is 4.79 Å². The van der Waals surface area contributed by atoms with Crippen LogP contribution in [0, 0.1) is 0 Å². The van der Waals surface area contributed by atoms with E-state index in [-0.39, 0.29) is 6.61 Å². The Kier molecular flexibility index (Phi) is 3.18. The first kappa shape index (κ1) is 9.26. The molecule has 0 fully saturated rings. The lowest BCUT2D eigenvalue weighted by molar-refractivity contribution is -0.0867. The van der Waals surface area contributed by atoms with Gasteiger partial charge in [0, 0.05) is 6.42 Å². The number of hydrogen-bond donors (Lipinski definition) is 0. The SMILES string of the molecule is CCCOC(=[OH+])C(F)(F)F. The predicted molar refractivity (Wildman–Crippen MR) is 29.2 cm³/mol. The van der Waals surface area contributed by atoms with E-state index in [1.807, 2.05) is 0 Å². The Bertz CT molecular complexity index is 119. The van der Waals surface area contributed by atoms with Gasteiger partial charge >= 0.3 is 12.1 Å². The molecule has 5 heteroatoms. The average Bonchev–Trinajstić information content (AvgIpc) is 1.80. The lowest BCUT2D eigenvalue weighted by atomic mass is 10.5. The van der Waals surface area contributed by atoms with Crippen molar-refractivity contribution < 1.29 is 22.7 Å². The van der Waals surface area contributed by atoms with Crippen LogP contribution < -0.4 is 0 Å². The minimum atomic E-state index is -4.74. The molecular weight excluding hydrogens is 149 g/mol. The maximum Gasteiger partial charge on any atom is 0.593 e. The van der Waals surface area contributed by atoms with Gasteiger partial charge in [-0.15, -0.1) is 0 Å². The molecule has 2 nitrogen and oxygen atoms in total. The molecule has 0 unspecified atom stereocenters. The van der Waals surface area contributed by atoms with Crippen molar-refractivity contribution in [3.63, 3.8) is 0 Å². The van der Waals surface area contributed by atoms with E-state index in [9.17, 15) is 13.2 Å². The van der Waals surface area contributed by atoms with Crippen LogP contribution in [0.3, 0.4) is 0 Å². The molecule has 1 N–H and O–H groups in total. The number of halogens is 3. The summed E-state index contributed by atoms with van der Waals surface area (Å²) >= 11 is 0. The summed E-state index contributed by atoms with van der Waals surface area (Å²) in [5.41, 5.74) is 0. The minimum absolute atomic E-state index is 0.120. The van der Waals surface area contributed by atoms with Crippen molar-refractivity contribution in [3.05, 3.63) is 0 Å². The number of ether oxygens (including phenoxy) is 1. The third kappa shape index (κ3) is 3.32. The molecule has 0 aromatic carbocycles. The van der Waals surface area contributed by atoms with Gasteiger partial charge in [0.05, 0.1) is 0 Å². The number of rotatable bonds is 2. The van der Waals surface area contributed by atoms with Gasteiger partial charge in [0.25, 0.3) is 0 Å². The fraction of sp³-hybridized carbons (Fsp3) is 0.800. The van der Waals surface area contributed by atoms with Crippen molar-refractivity contribution >= 4 is 5.97 Å². The summed E-state index contributed by atoms with van der Waals surface area (Å²) in [7, 11) is 0. The van der Waals surface area contributed by atoms with Crippen LogP contribution in [0.2, 0.25) is 0 Å². The summed E-state index contributed by atoms with van der Waals surface area (Å²) in [6.07, 6.45) is -4.31. The van der Waals surface area contributed by atoms with Crippen molar-refractivity contribution in [2.75, 3.05) is 6.61 Å². The fourth-order valence-electron chi connectivity index (χ4n) is 0.281. The quantitative estimate of drug-likeness (QED) is 0.441. The monoisotopic (exact) mass is 157 g/mol. The Morgan fingerprint density at radius 2 is 2.00 bits per heavy atom. The first-order valence-corrected chi connectivity index (χ1v) is 2.74. The van der Waals surface area contributed by atoms with Crippen molar-refractivity contribution in [1.29, 1.82) is 0 Å². The fourth-order valence-corrected chi connectivity index (χ4v) is 0.281. The summed E-state index contributed by atoms with van der Waals surface area (Å²) < 4.78 is 38.0. The van der Waals surface area contributed by atoms with Gasteiger partial charge in [-0.05, 0) is 0 Å². The molecule has 0 amide bonds. The molecule has 0 aliphatic carbocycles. The van der Waals surface area contributed by atoms with Gasteiger partial charge in [-0.3, -0.25) is 0 Å². The summed E-state index contributed by atoms with van der Waals surface area (Å²) in [5, 5.41) is 0. The average molecular weight is 157 g/mol. The van der Waals surface area contributed by atoms with Gasteiger partial charge in [0.1, 0.15) is 0 Å². The van der Waals surface area contributed by atoms with E-state index in [0.29, 0.717) is 6.42 Å². The van der Waals surface area contributed by atoms with E-state index in [1.54, 1.807) is 6.92 Å². The van der Waals surface area contributed by atoms with Gasteiger partial charge in [-0.2, -0.15) is 13.2 Å². The first-order valence-electron chi connectivity index (χ1n) is 2.74. The molecular formula is C5H8F3O2+. The molecule has 60 valence electrons. The highest BCUT2D eigenvalue weighted by atomic mass is 19.4. The van der Waals surface area contributed by atoms with Crippen LogP contribution in [0.4, 0.5) is 13.2 Å². The molecule has 0 heterocycles. The lowest BCUT2D eigenvalue weighted by Crippen LogP contribution is -2.25. The van der Waals surface area contributed by atoms with Gasteiger partial charge in [0.2, 0.25) is 0 Å². The molecule has 0 rings (SSSR count). The number of carbonyl (C=O) groups excluding carboxylic acids is 1. The summed E-state index contributed by atoms with van der Waals surface area (Å²) in [6.45, 7) is 1.52. The van der Waals surface area contributed by atoms with Crippen LogP contribution in [-0.2, 0) is 4.74 Å². The predicted octanol–water partition coefficient (Wildman–Crippen LogP) is 1.48. The minimum Gasteiger partial charge on any atom is -0.332 e. The summed E-state index contributed by atoms with van der Waals surface area (Å²) in [5.74, 6) is -1.87. The van der Waals surface area contributed by atoms with Crippen LogP contribution in [0.25, 0.3) is 0 Å². The highest BCUT2D eigenvalue weighted by Crippen LogP contribution is 2.15. The van der Waals surface area contributed by atoms with Gasteiger partial charge in [-0.1, -0.05) is 6.92 Å². The van der Waals surface area contributed by atoms with E-state index in [0.717, 1.165) is 0 Å². The van der Waals surface area contributed by atoms with E-state index < -0.39 is 12.1 Å². The van der Waals surface area contributed by atoms with Gasteiger partial charge in [-0.25, -0.2) is 0 Å². The van der Waals surface area contributed by atoms with Crippen LogP contribution in [0.1, 0.15) is 13.3 Å². The maximum absolute atomic E-state index is 11.4. The van der Waals surface area contributed by atoms with E-state index >= 15 is 0 Å². The maximum atomic E-state index is 11.4. The highest BCUT2D eigenvalue weighted by Gasteiger charge is 2.48. The second-order valence-electron chi connectivity index (χ2n) is 1.65. The van der Waals surface area contributed by atoms with Crippen LogP contribution in [-0.4, -0.2) is 23.5 Å². The molecule has 0 saturated carbocycles. The smallest absolute Gasteiger partial charge is 0.332 e. The van der Waals surface area contributed by atoms with Crippen molar-refractivity contribution in [3.8, 4) is 0 Å². The Morgan fingerprint density at radius 1 is 1.50 bits per heavy atom. The lowest BCUT2D eigenvalue weighted by Gasteiger charge is -1.96. The molecule has 10 heavy (non-hydrogen) atoms. The molecule has 0 aliphatic rings. The molecule has 0 aromatic heterocycles. The molecule has 0 saturated heterocycles. The third-order valence-electron chi connectivity index (χ3n) is 0.685. The normalized spacial score (nSPS) is 11.2. The Hall–Kier alpha value is -0.740. The number of esters is 1. The molecule has 0 bridgehead atoms. The van der Waals surface area contributed by atoms with Crippen LogP contribution >= 0.6 is 0 Å². The summed E-state index contributed by atoms with van der Waals surface area (Å²) in [6, 6.07) is 0. The van der Waals surface area contributed by atoms with E-state index in [2.05, 4.69) is 4.74 Å². The van der Waals surface area contributed by atoms with Crippen LogP contribution in [0.15, 0.2) is 0 Å². The molecule has 0 aromatic rings. The largest absolute Gasteiger partial charge is 0.593 e. The Labute approximate surface area is 56.0 Å². The number of alkyl halides is 3. The van der Waals surface area contributed by atoms with Gasteiger partial charge < -0.3 is 9.53 Å². The van der Waals surface area contributed by atoms with Crippen LogP contribution in [0.5, 0.6) is 0 Å².